The molecule has 0 rings (SSSR count). The van der Waals surface area contributed by atoms with Crippen molar-refractivity contribution in [3.63, 3.8) is 0 Å². The van der Waals surface area contributed by atoms with Gasteiger partial charge in [0.15, 0.2) is 0 Å². The summed E-state index contributed by atoms with van der Waals surface area (Å²) in [7, 11) is -4.41. The Labute approximate surface area is 313 Å². The van der Waals surface area contributed by atoms with Crippen LogP contribution in [0.2, 0.25) is 0 Å². The molecule has 2 atom stereocenters. The lowest BCUT2D eigenvalue weighted by Gasteiger charge is -2.15. The number of carbonyl (C=O) groups is 2. The highest BCUT2D eigenvalue weighted by Gasteiger charge is 2.23. The number of ether oxygens (including phenoxy) is 1. The molecule has 0 bridgehead atoms. The number of hydrogen-bond acceptors (Lipinski definition) is 7. The number of rotatable bonds is 40. The van der Waals surface area contributed by atoms with Crippen LogP contribution in [0.1, 0.15) is 206 Å². The van der Waals surface area contributed by atoms with Crippen LogP contribution in [0.25, 0.3) is 0 Å². The van der Waals surface area contributed by atoms with E-state index < -0.39 is 26.5 Å². The summed E-state index contributed by atoms with van der Waals surface area (Å²) < 4.78 is 26.8. The van der Waals surface area contributed by atoms with Gasteiger partial charge in [-0.15, -0.1) is 0 Å². The van der Waals surface area contributed by atoms with E-state index in [-0.39, 0.29) is 32.1 Å². The van der Waals surface area contributed by atoms with E-state index in [9.17, 15) is 24.2 Å². The van der Waals surface area contributed by atoms with Crippen LogP contribution in [-0.4, -0.2) is 54.3 Å². The second kappa shape index (κ2) is 38.5. The van der Waals surface area contributed by atoms with Crippen LogP contribution in [-0.2, 0) is 27.9 Å². The van der Waals surface area contributed by atoms with E-state index in [1.165, 1.54) is 128 Å². The first-order chi connectivity index (χ1) is 24.8. The molecule has 0 aromatic heterocycles. The average molecular weight is 746 g/mol. The number of unbranched alkanes of at least 4 members (excludes halogenated alkanes) is 25. The Morgan fingerprint density at radius 1 is 0.588 bits per heavy atom. The van der Waals surface area contributed by atoms with Gasteiger partial charge in [0, 0.05) is 19.4 Å². The molecule has 0 aliphatic rings. The number of phosphoric ester groups is 1. The van der Waals surface area contributed by atoms with E-state index in [1.54, 1.807) is 0 Å². The molecule has 10 heteroatoms. The average Bonchev–Trinajstić information content (AvgIpc) is 3.11. The van der Waals surface area contributed by atoms with Crippen LogP contribution in [0.5, 0.6) is 0 Å². The molecule has 2 unspecified atom stereocenters. The van der Waals surface area contributed by atoms with Crippen molar-refractivity contribution >= 4 is 19.7 Å². The summed E-state index contributed by atoms with van der Waals surface area (Å²) in [6, 6.07) is 0. The molecule has 3 N–H and O–H groups in total. The minimum absolute atomic E-state index is 0.0801. The van der Waals surface area contributed by atoms with E-state index in [0.717, 1.165) is 51.4 Å². The number of aliphatic hydroxyl groups is 1. The Kier molecular flexibility index (Phi) is 37.5. The van der Waals surface area contributed by atoms with Crippen molar-refractivity contribution in [1.29, 1.82) is 0 Å². The van der Waals surface area contributed by atoms with Gasteiger partial charge in [-0.05, 0) is 32.1 Å². The third kappa shape index (κ3) is 39.8. The predicted molar refractivity (Wildman–Crippen MR) is 211 cm³/mol. The lowest BCUT2D eigenvalue weighted by molar-refractivity contribution is -0.147. The first-order valence-electron chi connectivity index (χ1n) is 21.2. The maximum absolute atomic E-state index is 12.1. The van der Waals surface area contributed by atoms with Gasteiger partial charge in [-0.25, -0.2) is 4.57 Å². The number of carbonyl (C=O) groups excluding carboxylic acids is 2. The molecule has 0 fully saturated rings. The topological polar surface area (TPSA) is 131 Å². The zero-order valence-electron chi connectivity index (χ0n) is 33.1. The summed E-state index contributed by atoms with van der Waals surface area (Å²) >= 11 is 0. The van der Waals surface area contributed by atoms with Gasteiger partial charge in [0.1, 0.15) is 12.7 Å². The van der Waals surface area contributed by atoms with Crippen molar-refractivity contribution in [2.24, 2.45) is 0 Å². The molecular weight excluding hydrogens is 665 g/mol. The van der Waals surface area contributed by atoms with Crippen LogP contribution >= 0.6 is 7.82 Å². The summed E-state index contributed by atoms with van der Waals surface area (Å²) in [6.07, 6.45) is 38.6. The SMILES string of the molecule is CCCC/C=C\CCCCCCCC(=O)NCCOP(=O)(O)OCC(O)COC(=O)CCCCCCCCCCCCCCCCCCCCC. The summed E-state index contributed by atoms with van der Waals surface area (Å²) in [4.78, 5) is 33.8. The van der Waals surface area contributed by atoms with E-state index in [4.69, 9.17) is 13.8 Å². The monoisotopic (exact) mass is 746 g/mol. The van der Waals surface area contributed by atoms with Crippen molar-refractivity contribution in [1.82, 2.24) is 5.32 Å². The molecule has 0 saturated carbocycles. The lowest BCUT2D eigenvalue weighted by Crippen LogP contribution is -2.27. The van der Waals surface area contributed by atoms with Crippen LogP contribution in [0.3, 0.4) is 0 Å². The maximum Gasteiger partial charge on any atom is 0.472 e. The fraction of sp³-hybridized carbons (Fsp3) is 0.902. The van der Waals surface area contributed by atoms with Gasteiger partial charge in [-0.2, -0.15) is 0 Å². The van der Waals surface area contributed by atoms with Crippen molar-refractivity contribution in [2.45, 2.75) is 213 Å². The van der Waals surface area contributed by atoms with E-state index in [2.05, 4.69) is 31.3 Å². The molecule has 9 nitrogen and oxygen atoms in total. The Morgan fingerprint density at radius 2 is 1.02 bits per heavy atom. The Morgan fingerprint density at radius 3 is 1.53 bits per heavy atom. The van der Waals surface area contributed by atoms with Crippen LogP contribution in [0, 0.1) is 0 Å². The van der Waals surface area contributed by atoms with Gasteiger partial charge < -0.3 is 20.1 Å². The van der Waals surface area contributed by atoms with Crippen LogP contribution in [0.4, 0.5) is 0 Å². The smallest absolute Gasteiger partial charge is 0.463 e. The Hall–Kier alpha value is -1.25. The summed E-state index contributed by atoms with van der Waals surface area (Å²) in [5, 5.41) is 12.7. The van der Waals surface area contributed by atoms with Gasteiger partial charge in [-0.3, -0.25) is 18.6 Å². The van der Waals surface area contributed by atoms with Gasteiger partial charge in [0.05, 0.1) is 13.2 Å². The van der Waals surface area contributed by atoms with Crippen molar-refractivity contribution < 1.29 is 37.9 Å². The van der Waals surface area contributed by atoms with E-state index in [1.807, 2.05) is 0 Å². The highest BCUT2D eigenvalue weighted by molar-refractivity contribution is 7.47. The molecule has 0 saturated heterocycles. The van der Waals surface area contributed by atoms with Crippen LogP contribution in [0.15, 0.2) is 12.2 Å². The fourth-order valence-corrected chi connectivity index (χ4v) is 6.71. The number of hydrogen-bond donors (Lipinski definition) is 3. The normalized spacial score (nSPS) is 13.4. The largest absolute Gasteiger partial charge is 0.472 e. The molecule has 0 spiro atoms. The third-order valence-electron chi connectivity index (χ3n) is 9.20. The van der Waals surface area contributed by atoms with E-state index >= 15 is 0 Å². The first kappa shape index (κ1) is 49.8. The van der Waals surface area contributed by atoms with Crippen molar-refractivity contribution in [3.05, 3.63) is 12.2 Å². The molecule has 51 heavy (non-hydrogen) atoms. The van der Waals surface area contributed by atoms with Gasteiger partial charge in [0.2, 0.25) is 5.91 Å². The Bertz CT molecular complexity index is 856. The zero-order valence-corrected chi connectivity index (χ0v) is 34.0. The van der Waals surface area contributed by atoms with Crippen molar-refractivity contribution in [3.8, 4) is 0 Å². The number of esters is 1. The molecule has 0 aliphatic carbocycles. The number of nitrogens with one attached hydrogen (secondary N) is 1. The quantitative estimate of drug-likeness (QED) is 0.0244. The minimum atomic E-state index is -4.41. The fourth-order valence-electron chi connectivity index (χ4n) is 5.95. The second-order valence-electron chi connectivity index (χ2n) is 14.3. The highest BCUT2D eigenvalue weighted by atomic mass is 31.2. The molecular formula is C41H80NO8P. The highest BCUT2D eigenvalue weighted by Crippen LogP contribution is 2.42. The number of allylic oxidation sites excluding steroid dienone is 2. The van der Waals surface area contributed by atoms with E-state index in [0.29, 0.717) is 6.42 Å². The van der Waals surface area contributed by atoms with Gasteiger partial charge in [-0.1, -0.05) is 174 Å². The van der Waals surface area contributed by atoms with Gasteiger partial charge >= 0.3 is 13.8 Å². The molecule has 0 aromatic carbocycles. The second-order valence-corrected chi connectivity index (χ2v) is 15.8. The molecule has 0 aliphatic heterocycles. The predicted octanol–water partition coefficient (Wildman–Crippen LogP) is 11.4. The molecule has 302 valence electrons. The van der Waals surface area contributed by atoms with Gasteiger partial charge in [0.25, 0.3) is 0 Å². The summed E-state index contributed by atoms with van der Waals surface area (Å²) in [5.74, 6) is -0.519. The van der Waals surface area contributed by atoms with Crippen molar-refractivity contribution in [2.75, 3.05) is 26.4 Å². The molecule has 1 amide bonds. The maximum atomic E-state index is 12.1. The molecule has 0 radical (unpaired) electrons. The Balaban J connectivity index is 3.56. The first-order valence-corrected chi connectivity index (χ1v) is 22.7. The standard InChI is InChI=1S/C41H80NO8P/c1-3-5-7-9-11-13-15-16-17-18-19-20-21-22-24-26-28-30-32-34-41(45)48-37-39(43)38-50-51(46,47)49-36-35-42-40(44)33-31-29-27-25-23-14-12-10-8-6-4-2/h10,12,39,43H,3-9,11,13-38H2,1-2H3,(H,42,44)(H,46,47)/b12-10-. The van der Waals surface area contributed by atoms with Crippen LogP contribution < -0.4 is 5.32 Å². The number of phosphoric acid groups is 1. The summed E-state index contributed by atoms with van der Waals surface area (Å²) in [5.41, 5.74) is 0. The molecule has 0 aromatic rings. The number of aliphatic hydroxyl groups excluding tert-OH is 1. The zero-order chi connectivity index (χ0) is 37.5. The summed E-state index contributed by atoms with van der Waals surface area (Å²) in [6.45, 7) is 3.53. The lowest BCUT2D eigenvalue weighted by atomic mass is 10.0. The minimum Gasteiger partial charge on any atom is -0.463 e. The molecule has 0 heterocycles. The third-order valence-corrected chi connectivity index (χ3v) is 10.2. The number of amides is 1.